The third-order valence-electron chi connectivity index (χ3n) is 4.44. The molecule has 3 rings (SSSR count). The van der Waals surface area contributed by atoms with E-state index in [0.717, 1.165) is 16.7 Å². The van der Waals surface area contributed by atoms with Gasteiger partial charge in [0.25, 0.3) is 0 Å². The van der Waals surface area contributed by atoms with E-state index in [-0.39, 0.29) is 5.91 Å². The zero-order valence-electron chi connectivity index (χ0n) is 14.9. The second-order valence-corrected chi connectivity index (χ2v) is 7.24. The minimum atomic E-state index is 0.0821. The molecule has 0 heterocycles. The van der Waals surface area contributed by atoms with E-state index in [0.29, 0.717) is 36.0 Å². The van der Waals surface area contributed by atoms with Crippen LogP contribution in [0.25, 0.3) is 0 Å². The lowest BCUT2D eigenvalue weighted by Gasteiger charge is -2.23. The number of amides is 1. The minimum Gasteiger partial charge on any atom is -0.334 e. The van der Waals surface area contributed by atoms with Crippen LogP contribution < -0.4 is 0 Å². The van der Waals surface area contributed by atoms with Crippen molar-refractivity contribution in [1.82, 2.24) is 4.90 Å². The van der Waals surface area contributed by atoms with Crippen molar-refractivity contribution >= 4 is 29.1 Å². The second kappa shape index (κ2) is 9.59. The summed E-state index contributed by atoms with van der Waals surface area (Å²) < 4.78 is 0. The van der Waals surface area contributed by atoms with Gasteiger partial charge in [-0.15, -0.1) is 0 Å². The topological polar surface area (TPSA) is 20.3 Å². The van der Waals surface area contributed by atoms with Gasteiger partial charge in [0.2, 0.25) is 5.91 Å². The van der Waals surface area contributed by atoms with E-state index in [2.05, 4.69) is 0 Å². The van der Waals surface area contributed by atoms with E-state index in [1.165, 1.54) is 0 Å². The molecule has 0 atom stereocenters. The maximum Gasteiger partial charge on any atom is 0.223 e. The van der Waals surface area contributed by atoms with Gasteiger partial charge in [-0.3, -0.25) is 4.79 Å². The molecule has 138 valence electrons. The zero-order valence-corrected chi connectivity index (χ0v) is 16.5. The molecule has 4 heteroatoms. The van der Waals surface area contributed by atoms with Crippen molar-refractivity contribution < 1.29 is 4.79 Å². The summed E-state index contributed by atoms with van der Waals surface area (Å²) in [5.41, 5.74) is 3.05. The molecule has 0 aromatic heterocycles. The monoisotopic (exact) mass is 397 g/mol. The van der Waals surface area contributed by atoms with Crippen molar-refractivity contribution in [2.45, 2.75) is 25.9 Å². The molecule has 0 bridgehead atoms. The smallest absolute Gasteiger partial charge is 0.223 e. The number of carbonyl (C=O) groups excluding carboxylic acids is 1. The Balaban J connectivity index is 1.73. The van der Waals surface area contributed by atoms with Crippen molar-refractivity contribution in [3.8, 4) is 0 Å². The van der Waals surface area contributed by atoms with Crippen LogP contribution in [0, 0.1) is 0 Å². The molecule has 0 N–H and O–H groups in total. The lowest BCUT2D eigenvalue weighted by Crippen LogP contribution is -2.30. The van der Waals surface area contributed by atoms with Crippen LogP contribution in [-0.4, -0.2) is 10.8 Å². The van der Waals surface area contributed by atoms with Gasteiger partial charge in [-0.2, -0.15) is 0 Å². The first-order valence-corrected chi connectivity index (χ1v) is 9.67. The van der Waals surface area contributed by atoms with Crippen molar-refractivity contribution in [3.05, 3.63) is 106 Å². The number of hydrogen-bond donors (Lipinski definition) is 0. The highest BCUT2D eigenvalue weighted by Gasteiger charge is 2.16. The Morgan fingerprint density at radius 3 is 1.67 bits per heavy atom. The van der Waals surface area contributed by atoms with Crippen molar-refractivity contribution in [3.63, 3.8) is 0 Å². The van der Waals surface area contributed by atoms with E-state index in [1.807, 2.05) is 71.6 Å². The summed E-state index contributed by atoms with van der Waals surface area (Å²) in [6.07, 6.45) is 0.889. The van der Waals surface area contributed by atoms with Gasteiger partial charge in [0.05, 0.1) is 0 Å². The summed E-state index contributed by atoms with van der Waals surface area (Å²) in [7, 11) is 0. The first kappa shape index (κ1) is 19.5. The fourth-order valence-corrected chi connectivity index (χ4v) is 3.59. The Morgan fingerprint density at radius 1 is 0.704 bits per heavy atom. The number of halogens is 2. The molecule has 0 fully saturated rings. The summed E-state index contributed by atoms with van der Waals surface area (Å²) >= 11 is 12.5. The average molecular weight is 398 g/mol. The lowest BCUT2D eigenvalue weighted by molar-refractivity contribution is -0.132. The number of nitrogens with zero attached hydrogens (tertiary/aromatic N) is 1. The first-order chi connectivity index (χ1) is 13.1. The van der Waals surface area contributed by atoms with Crippen LogP contribution in [0.1, 0.15) is 23.1 Å². The Kier molecular flexibility index (Phi) is 6.92. The largest absolute Gasteiger partial charge is 0.334 e. The molecule has 0 saturated carbocycles. The summed E-state index contributed by atoms with van der Waals surface area (Å²) in [6.45, 7) is 1.15. The molecule has 3 aromatic rings. The molecule has 1 amide bonds. The van der Waals surface area contributed by atoms with Crippen LogP contribution >= 0.6 is 23.2 Å². The van der Waals surface area contributed by atoms with Gasteiger partial charge in [0.1, 0.15) is 0 Å². The molecule has 27 heavy (non-hydrogen) atoms. The summed E-state index contributed by atoms with van der Waals surface area (Å²) in [5.74, 6) is 0.0821. The fourth-order valence-electron chi connectivity index (χ4n) is 3.00. The maximum atomic E-state index is 13.0. The van der Waals surface area contributed by atoms with E-state index in [4.69, 9.17) is 23.2 Å². The van der Waals surface area contributed by atoms with Gasteiger partial charge in [-0.1, -0.05) is 89.9 Å². The number of rotatable bonds is 7. The Hall–Kier alpha value is -2.29. The molecule has 2 nitrogen and oxygen atoms in total. The maximum absolute atomic E-state index is 13.0. The molecule has 0 aliphatic heterocycles. The molecular weight excluding hydrogens is 377 g/mol. The Morgan fingerprint density at radius 2 is 1.19 bits per heavy atom. The second-order valence-electron chi connectivity index (χ2n) is 6.42. The van der Waals surface area contributed by atoms with Gasteiger partial charge in [-0.05, 0) is 35.2 Å². The third-order valence-corrected chi connectivity index (χ3v) is 5.14. The molecule has 0 unspecified atom stereocenters. The van der Waals surface area contributed by atoms with Crippen molar-refractivity contribution in [2.75, 3.05) is 0 Å². The molecular formula is C23H21Cl2NO. The molecule has 0 radical (unpaired) electrons. The molecule has 0 saturated heterocycles. The average Bonchev–Trinajstić information content (AvgIpc) is 2.68. The number of carbonyl (C=O) groups is 1. The molecule has 0 aliphatic carbocycles. The molecule has 0 spiro atoms. The Bertz CT molecular complexity index is 820. The quantitative estimate of drug-likeness (QED) is 0.467. The van der Waals surface area contributed by atoms with Gasteiger partial charge >= 0.3 is 0 Å². The van der Waals surface area contributed by atoms with Crippen LogP contribution in [0.2, 0.25) is 10.0 Å². The van der Waals surface area contributed by atoms with Crippen LogP contribution in [0.15, 0.2) is 78.9 Å². The molecule has 0 aliphatic rings. The van der Waals surface area contributed by atoms with Crippen LogP contribution in [0.4, 0.5) is 0 Å². The van der Waals surface area contributed by atoms with E-state index in [1.54, 1.807) is 12.1 Å². The first-order valence-electron chi connectivity index (χ1n) is 8.92. The van der Waals surface area contributed by atoms with Crippen LogP contribution in [0.3, 0.4) is 0 Å². The summed E-state index contributed by atoms with van der Waals surface area (Å²) in [5, 5.41) is 1.21. The molecule has 3 aromatic carbocycles. The highest BCUT2D eigenvalue weighted by Crippen LogP contribution is 2.26. The predicted octanol–water partition coefficient (Wildman–Crippen LogP) is 6.16. The third kappa shape index (κ3) is 5.59. The summed E-state index contributed by atoms with van der Waals surface area (Å²) in [4.78, 5) is 14.9. The van der Waals surface area contributed by atoms with Gasteiger partial charge < -0.3 is 4.90 Å². The predicted molar refractivity (Wildman–Crippen MR) is 112 cm³/mol. The van der Waals surface area contributed by atoms with Crippen LogP contribution in [-0.2, 0) is 24.3 Å². The normalized spacial score (nSPS) is 10.6. The summed E-state index contributed by atoms with van der Waals surface area (Å²) in [6, 6.07) is 25.5. The van der Waals surface area contributed by atoms with Gasteiger partial charge in [0, 0.05) is 29.6 Å². The van der Waals surface area contributed by atoms with E-state index < -0.39 is 0 Å². The van der Waals surface area contributed by atoms with Crippen molar-refractivity contribution in [2.24, 2.45) is 0 Å². The van der Waals surface area contributed by atoms with Crippen LogP contribution in [0.5, 0.6) is 0 Å². The SMILES string of the molecule is O=C(CCc1c(Cl)cccc1Cl)N(Cc1ccccc1)Cc1ccccc1. The van der Waals surface area contributed by atoms with Crippen molar-refractivity contribution in [1.29, 1.82) is 0 Å². The van der Waals surface area contributed by atoms with Gasteiger partial charge in [0.15, 0.2) is 0 Å². The number of benzene rings is 3. The minimum absolute atomic E-state index is 0.0821. The highest BCUT2D eigenvalue weighted by atomic mass is 35.5. The fraction of sp³-hybridized carbons (Fsp3) is 0.174. The lowest BCUT2D eigenvalue weighted by atomic mass is 10.1. The highest BCUT2D eigenvalue weighted by molar-refractivity contribution is 6.36. The standard InChI is InChI=1S/C23H21Cl2NO/c24-21-12-7-13-22(25)20(21)14-15-23(27)26(16-18-8-3-1-4-9-18)17-19-10-5-2-6-11-19/h1-13H,14-17H2. The zero-order chi connectivity index (χ0) is 19.1. The Labute approximate surface area is 170 Å². The van der Waals surface area contributed by atoms with E-state index in [9.17, 15) is 4.79 Å². The van der Waals surface area contributed by atoms with E-state index >= 15 is 0 Å². The number of hydrogen-bond acceptors (Lipinski definition) is 1. The van der Waals surface area contributed by atoms with Gasteiger partial charge in [-0.25, -0.2) is 0 Å².